The van der Waals surface area contributed by atoms with Crippen molar-refractivity contribution in [3.05, 3.63) is 59.1 Å². The zero-order valence-electron chi connectivity index (χ0n) is 20.9. The number of amides is 1. The van der Waals surface area contributed by atoms with Crippen LogP contribution in [0.4, 0.5) is 0 Å². The van der Waals surface area contributed by atoms with Gasteiger partial charge in [-0.15, -0.1) is 0 Å². The number of hydrogen-bond acceptors (Lipinski definition) is 7. The maximum atomic E-state index is 12.9. The van der Waals surface area contributed by atoms with E-state index in [9.17, 15) is 21.6 Å². The van der Waals surface area contributed by atoms with Gasteiger partial charge in [-0.05, 0) is 54.8 Å². The number of carbonyl (C=O) groups excluding carboxylic acids is 1. The standard InChI is InChI=1S/C25H32ClN3O7S2/c26-22-5-3-20(4-6-22)19-37(31,32)29-12-1-2-21(18-29)25(30)27-11-15-36-23-7-9-24(10-8-23)38(33,34)28-13-16-35-17-14-28/h3-10,21H,1-2,11-19H2,(H,27,30)/t21-/m0/s1. The first-order valence-corrected chi connectivity index (χ1v) is 15.9. The number of nitrogens with zero attached hydrogens (tertiary/aromatic N) is 2. The van der Waals surface area contributed by atoms with Gasteiger partial charge in [0.15, 0.2) is 0 Å². The molecule has 2 aliphatic heterocycles. The van der Waals surface area contributed by atoms with E-state index in [0.29, 0.717) is 62.0 Å². The second kappa shape index (κ2) is 12.8. The summed E-state index contributed by atoms with van der Waals surface area (Å²) in [6, 6.07) is 12.8. The van der Waals surface area contributed by atoms with E-state index in [4.69, 9.17) is 21.1 Å². The first kappa shape index (κ1) is 28.8. The molecule has 4 rings (SSSR count). The molecule has 10 nitrogen and oxygen atoms in total. The Morgan fingerprint density at radius 1 is 0.974 bits per heavy atom. The Balaban J connectivity index is 1.22. The highest BCUT2D eigenvalue weighted by molar-refractivity contribution is 7.89. The third-order valence-corrected chi connectivity index (χ3v) is 10.5. The summed E-state index contributed by atoms with van der Waals surface area (Å²) in [6.07, 6.45) is 1.22. The summed E-state index contributed by atoms with van der Waals surface area (Å²) in [5.41, 5.74) is 0.643. The lowest BCUT2D eigenvalue weighted by Gasteiger charge is -2.31. The Bertz CT molecular complexity index is 1300. The van der Waals surface area contributed by atoms with Crippen LogP contribution in [0.5, 0.6) is 5.75 Å². The third kappa shape index (κ3) is 7.45. The van der Waals surface area contributed by atoms with Gasteiger partial charge in [-0.1, -0.05) is 23.7 Å². The van der Waals surface area contributed by atoms with Crippen molar-refractivity contribution in [1.29, 1.82) is 0 Å². The number of morpholine rings is 1. The topological polar surface area (TPSA) is 122 Å². The Labute approximate surface area is 229 Å². The summed E-state index contributed by atoms with van der Waals surface area (Å²) < 4.78 is 64.9. The molecule has 0 bridgehead atoms. The number of rotatable bonds is 10. The number of nitrogens with one attached hydrogen (secondary N) is 1. The highest BCUT2D eigenvalue weighted by Gasteiger charge is 2.32. The van der Waals surface area contributed by atoms with Crippen molar-refractivity contribution in [1.82, 2.24) is 13.9 Å². The molecule has 38 heavy (non-hydrogen) atoms. The average Bonchev–Trinajstić information content (AvgIpc) is 2.93. The highest BCUT2D eigenvalue weighted by Crippen LogP contribution is 2.23. The van der Waals surface area contributed by atoms with Crippen molar-refractivity contribution in [3.8, 4) is 5.75 Å². The van der Waals surface area contributed by atoms with Crippen LogP contribution in [0.15, 0.2) is 53.4 Å². The maximum Gasteiger partial charge on any atom is 0.243 e. The van der Waals surface area contributed by atoms with Crippen LogP contribution in [0, 0.1) is 5.92 Å². The second-order valence-corrected chi connectivity index (χ2v) is 13.6. The van der Waals surface area contributed by atoms with Crippen molar-refractivity contribution in [3.63, 3.8) is 0 Å². The van der Waals surface area contributed by atoms with Gasteiger partial charge in [0.05, 0.1) is 36.3 Å². The predicted octanol–water partition coefficient (Wildman–Crippen LogP) is 2.10. The largest absolute Gasteiger partial charge is 0.492 e. The molecule has 1 N–H and O–H groups in total. The zero-order valence-corrected chi connectivity index (χ0v) is 23.3. The first-order chi connectivity index (χ1) is 18.1. The number of ether oxygens (including phenoxy) is 2. The van der Waals surface area contributed by atoms with Gasteiger partial charge in [0.2, 0.25) is 26.0 Å². The van der Waals surface area contributed by atoms with Crippen LogP contribution in [-0.4, -0.2) is 83.9 Å². The Morgan fingerprint density at radius 2 is 1.66 bits per heavy atom. The van der Waals surface area contributed by atoms with E-state index in [-0.39, 0.29) is 36.3 Å². The van der Waals surface area contributed by atoms with Gasteiger partial charge in [0.25, 0.3) is 0 Å². The summed E-state index contributed by atoms with van der Waals surface area (Å²) in [7, 11) is -7.14. The Kier molecular flexibility index (Phi) is 9.66. The van der Waals surface area contributed by atoms with E-state index in [1.165, 1.54) is 20.7 Å². The maximum absolute atomic E-state index is 12.9. The number of hydrogen-bond donors (Lipinski definition) is 1. The van der Waals surface area contributed by atoms with Crippen LogP contribution >= 0.6 is 11.6 Å². The fourth-order valence-corrected chi connectivity index (χ4v) is 7.57. The van der Waals surface area contributed by atoms with E-state index in [1.54, 1.807) is 36.4 Å². The smallest absolute Gasteiger partial charge is 0.243 e. The molecule has 2 saturated heterocycles. The van der Waals surface area contributed by atoms with E-state index in [2.05, 4.69) is 5.32 Å². The quantitative estimate of drug-likeness (QED) is 0.424. The SMILES string of the molecule is O=C(NCCOc1ccc(S(=O)(=O)N2CCOCC2)cc1)[C@H]1CCCN(S(=O)(=O)Cc2ccc(Cl)cc2)C1. The molecule has 0 saturated carbocycles. The molecule has 0 spiro atoms. The van der Waals surface area contributed by atoms with Gasteiger partial charge >= 0.3 is 0 Å². The molecule has 1 amide bonds. The summed E-state index contributed by atoms with van der Waals surface area (Å²) in [5.74, 6) is -0.309. The van der Waals surface area contributed by atoms with E-state index in [0.717, 1.165) is 0 Å². The lowest BCUT2D eigenvalue weighted by atomic mass is 9.99. The van der Waals surface area contributed by atoms with Gasteiger partial charge in [-0.3, -0.25) is 4.79 Å². The minimum absolute atomic E-state index is 0.140. The molecule has 2 heterocycles. The fourth-order valence-electron chi connectivity index (χ4n) is 4.42. The van der Waals surface area contributed by atoms with E-state index in [1.807, 2.05) is 0 Å². The first-order valence-electron chi connectivity index (χ1n) is 12.5. The zero-order chi connectivity index (χ0) is 27.2. The van der Waals surface area contributed by atoms with Gasteiger partial charge in [0, 0.05) is 31.2 Å². The molecule has 0 unspecified atom stereocenters. The molecule has 0 radical (unpaired) electrons. The Morgan fingerprint density at radius 3 is 2.34 bits per heavy atom. The van der Waals surface area contributed by atoms with Crippen molar-refractivity contribution in [2.24, 2.45) is 5.92 Å². The molecular formula is C25H32ClN3O7S2. The lowest BCUT2D eigenvalue weighted by Crippen LogP contribution is -2.46. The van der Waals surface area contributed by atoms with Crippen molar-refractivity contribution in [2.45, 2.75) is 23.5 Å². The number of sulfonamides is 2. The molecule has 2 aromatic carbocycles. The minimum Gasteiger partial charge on any atom is -0.492 e. The summed E-state index contributed by atoms with van der Waals surface area (Å²) >= 11 is 5.88. The number of halogens is 1. The van der Waals surface area contributed by atoms with E-state index < -0.39 is 26.0 Å². The molecule has 1 atom stereocenters. The highest BCUT2D eigenvalue weighted by atomic mass is 35.5. The summed E-state index contributed by atoms with van der Waals surface area (Å²) in [5, 5.41) is 3.36. The van der Waals surface area contributed by atoms with Gasteiger partial charge < -0.3 is 14.8 Å². The third-order valence-electron chi connectivity index (χ3n) is 6.51. The summed E-state index contributed by atoms with van der Waals surface area (Å²) in [4.78, 5) is 12.9. The second-order valence-electron chi connectivity index (χ2n) is 9.21. The molecule has 2 aromatic rings. The van der Waals surface area contributed by atoms with Gasteiger partial charge in [-0.25, -0.2) is 21.1 Å². The molecule has 0 aliphatic carbocycles. The van der Waals surface area contributed by atoms with Crippen LogP contribution < -0.4 is 10.1 Å². The summed E-state index contributed by atoms with van der Waals surface area (Å²) in [6.45, 7) is 2.37. The van der Waals surface area contributed by atoms with Crippen molar-refractivity contribution >= 4 is 37.6 Å². The van der Waals surface area contributed by atoms with Crippen molar-refractivity contribution < 1.29 is 31.1 Å². The fraction of sp³-hybridized carbons (Fsp3) is 0.480. The van der Waals surface area contributed by atoms with Crippen LogP contribution in [0.1, 0.15) is 18.4 Å². The van der Waals surface area contributed by atoms with Gasteiger partial charge in [0.1, 0.15) is 12.4 Å². The molecule has 2 fully saturated rings. The van der Waals surface area contributed by atoms with E-state index >= 15 is 0 Å². The van der Waals surface area contributed by atoms with Crippen LogP contribution in [-0.2, 0) is 35.3 Å². The van der Waals surface area contributed by atoms with Crippen LogP contribution in [0.2, 0.25) is 5.02 Å². The monoisotopic (exact) mass is 585 g/mol. The van der Waals surface area contributed by atoms with Gasteiger partial charge in [-0.2, -0.15) is 4.31 Å². The number of benzene rings is 2. The predicted molar refractivity (Wildman–Crippen MR) is 143 cm³/mol. The number of piperidine rings is 1. The molecule has 208 valence electrons. The molecular weight excluding hydrogens is 554 g/mol. The lowest BCUT2D eigenvalue weighted by molar-refractivity contribution is -0.126. The normalized spacial score (nSPS) is 19.7. The van der Waals surface area contributed by atoms with Crippen LogP contribution in [0.25, 0.3) is 0 Å². The minimum atomic E-state index is -3.57. The molecule has 13 heteroatoms. The number of carbonyl (C=O) groups is 1. The molecule has 2 aliphatic rings. The average molecular weight is 586 g/mol. The molecule has 0 aromatic heterocycles. The van der Waals surface area contributed by atoms with Crippen molar-refractivity contribution in [2.75, 3.05) is 52.5 Å². The Hall–Kier alpha value is -2.22. The van der Waals surface area contributed by atoms with Crippen LogP contribution in [0.3, 0.4) is 0 Å².